The Morgan fingerprint density at radius 3 is 2.26 bits per heavy atom. The molecule has 0 amide bonds. The summed E-state index contributed by atoms with van der Waals surface area (Å²) in [5, 5.41) is 2.24. The molecule has 4 aliphatic carbocycles. The van der Waals surface area contributed by atoms with E-state index >= 15 is 0 Å². The van der Waals surface area contributed by atoms with E-state index in [9.17, 15) is 9.59 Å². The molecule has 3 aromatic carbocycles. The highest BCUT2D eigenvalue weighted by Crippen LogP contribution is 2.62. The summed E-state index contributed by atoms with van der Waals surface area (Å²) in [5.41, 5.74) is 4.02. The minimum atomic E-state index is -0.614. The van der Waals surface area contributed by atoms with Crippen LogP contribution in [0.4, 0.5) is 0 Å². The number of benzene rings is 3. The van der Waals surface area contributed by atoms with Crippen molar-refractivity contribution in [3.8, 4) is 16.9 Å². The van der Waals surface area contributed by atoms with E-state index in [1.54, 1.807) is 6.08 Å². The molecule has 0 aromatic heterocycles. The van der Waals surface area contributed by atoms with E-state index in [1.807, 2.05) is 31.2 Å². The largest absolute Gasteiger partial charge is 0.478 e. The Hall–Kier alpha value is -3.60. The molecule has 7 rings (SSSR count). The predicted octanol–water partition coefficient (Wildman–Crippen LogP) is 8.43. The van der Waals surface area contributed by atoms with Crippen molar-refractivity contribution in [2.24, 2.45) is 17.8 Å². The van der Waals surface area contributed by atoms with Crippen LogP contribution in [0, 0.1) is 17.8 Å². The van der Waals surface area contributed by atoms with Crippen LogP contribution in [0.2, 0.25) is 0 Å². The van der Waals surface area contributed by atoms with Gasteiger partial charge in [-0.2, -0.15) is 0 Å². The maximum Gasteiger partial charge on any atom is 0.347 e. The van der Waals surface area contributed by atoms with Crippen molar-refractivity contribution in [2.45, 2.75) is 76.7 Å². The normalized spacial score (nSPS) is 24.8. The molecule has 1 atom stereocenters. The van der Waals surface area contributed by atoms with Crippen LogP contribution in [0.3, 0.4) is 0 Å². The third-order valence-corrected chi connectivity index (χ3v) is 9.72. The zero-order valence-electron chi connectivity index (χ0n) is 24.9. The molecule has 3 aromatic rings. The first-order valence-electron chi connectivity index (χ1n) is 15.7. The fourth-order valence-electron chi connectivity index (χ4n) is 8.39. The van der Waals surface area contributed by atoms with Crippen molar-refractivity contribution in [1.29, 1.82) is 0 Å². The molecule has 5 heteroatoms. The van der Waals surface area contributed by atoms with Gasteiger partial charge < -0.3 is 14.2 Å². The molecular weight excluding hydrogens is 524 g/mol. The van der Waals surface area contributed by atoms with E-state index in [2.05, 4.69) is 43.8 Å². The third kappa shape index (κ3) is 5.46. The Morgan fingerprint density at radius 2 is 1.64 bits per heavy atom. The van der Waals surface area contributed by atoms with E-state index in [0.717, 1.165) is 46.4 Å². The molecule has 4 bridgehead atoms. The predicted molar refractivity (Wildman–Crippen MR) is 166 cm³/mol. The van der Waals surface area contributed by atoms with E-state index in [1.165, 1.54) is 49.5 Å². The van der Waals surface area contributed by atoms with Gasteiger partial charge in [0.2, 0.25) is 0 Å². The van der Waals surface area contributed by atoms with Gasteiger partial charge in [0.1, 0.15) is 12.4 Å². The standard InChI is InChI=1S/C37H42O5/c1-4-8-33(36(39)40-6-3)42-34-19-29-9-7-10-30(27-11-13-28(14-12-27)35(38)41-15-5-2)31(29)20-32(34)37-21-24-16-25(22-37)18-26(17-24)23-37/h5,7,9-14,19-20,24-26,33H,2,4,6,8,15-18,21-23H2,1,3H3. The van der Waals surface area contributed by atoms with Crippen molar-refractivity contribution in [3.63, 3.8) is 0 Å². The van der Waals surface area contributed by atoms with Crippen LogP contribution in [0.5, 0.6) is 5.75 Å². The summed E-state index contributed by atoms with van der Waals surface area (Å²) in [5.74, 6) is 2.54. The number of hydrogen-bond donors (Lipinski definition) is 0. The van der Waals surface area contributed by atoms with Crippen LogP contribution in [-0.2, 0) is 19.7 Å². The van der Waals surface area contributed by atoms with Gasteiger partial charge in [0.05, 0.1) is 12.2 Å². The lowest BCUT2D eigenvalue weighted by Crippen LogP contribution is -2.48. The molecular formula is C37H42O5. The van der Waals surface area contributed by atoms with Gasteiger partial charge in [0.15, 0.2) is 6.10 Å². The molecule has 4 saturated carbocycles. The minimum absolute atomic E-state index is 0.0789. The quantitative estimate of drug-likeness (QED) is 0.172. The molecule has 0 spiro atoms. The lowest BCUT2D eigenvalue weighted by Gasteiger charge is -2.57. The van der Waals surface area contributed by atoms with Gasteiger partial charge in [-0.1, -0.05) is 56.3 Å². The maximum atomic E-state index is 12.9. The Balaban J connectivity index is 1.44. The molecule has 5 nitrogen and oxygen atoms in total. The number of hydrogen-bond acceptors (Lipinski definition) is 5. The topological polar surface area (TPSA) is 61.8 Å². The summed E-state index contributed by atoms with van der Waals surface area (Å²) in [4.78, 5) is 25.3. The zero-order valence-corrected chi connectivity index (χ0v) is 24.9. The Bertz CT molecular complexity index is 1430. The number of fused-ring (bicyclic) bond motifs is 1. The van der Waals surface area contributed by atoms with Gasteiger partial charge >= 0.3 is 11.9 Å². The fraction of sp³-hybridized carbons (Fsp3) is 0.459. The lowest BCUT2D eigenvalue weighted by atomic mass is 9.48. The average molecular weight is 567 g/mol. The summed E-state index contributed by atoms with van der Waals surface area (Å²) < 4.78 is 17.3. The minimum Gasteiger partial charge on any atom is -0.478 e. The number of ether oxygens (including phenoxy) is 3. The molecule has 0 saturated heterocycles. The SMILES string of the molecule is C=CCOC(=O)c1ccc(-c2cccc3cc(OC(CCC)C(=O)OCC)c(C45CC6CC(CC(C6)C4)C5)cc23)cc1. The molecule has 0 aliphatic heterocycles. The van der Waals surface area contributed by atoms with Crippen LogP contribution < -0.4 is 4.74 Å². The number of carbonyl (C=O) groups excluding carboxylic acids is 2. The molecule has 42 heavy (non-hydrogen) atoms. The third-order valence-electron chi connectivity index (χ3n) is 9.72. The summed E-state index contributed by atoms with van der Waals surface area (Å²) >= 11 is 0. The number of rotatable bonds is 11. The van der Waals surface area contributed by atoms with Crippen molar-refractivity contribution in [1.82, 2.24) is 0 Å². The van der Waals surface area contributed by atoms with Gasteiger partial charge in [-0.05, 0) is 121 Å². The summed E-state index contributed by atoms with van der Waals surface area (Å²) in [6.07, 6.45) is 10.1. The highest BCUT2D eigenvalue weighted by molar-refractivity contribution is 5.99. The second-order valence-corrected chi connectivity index (χ2v) is 12.7. The second-order valence-electron chi connectivity index (χ2n) is 12.7. The Kier molecular flexibility index (Phi) is 8.11. The van der Waals surface area contributed by atoms with E-state index in [-0.39, 0.29) is 24.0 Å². The van der Waals surface area contributed by atoms with E-state index < -0.39 is 6.10 Å². The number of carbonyl (C=O) groups is 2. The van der Waals surface area contributed by atoms with Gasteiger partial charge in [0, 0.05) is 5.56 Å². The smallest absolute Gasteiger partial charge is 0.347 e. The lowest BCUT2D eigenvalue weighted by molar-refractivity contribution is -0.151. The van der Waals surface area contributed by atoms with Crippen molar-refractivity contribution >= 4 is 22.7 Å². The average Bonchev–Trinajstić information content (AvgIpc) is 2.98. The molecule has 4 fully saturated rings. The zero-order chi connectivity index (χ0) is 29.3. The van der Waals surface area contributed by atoms with Crippen LogP contribution in [0.25, 0.3) is 21.9 Å². The van der Waals surface area contributed by atoms with Crippen LogP contribution >= 0.6 is 0 Å². The monoisotopic (exact) mass is 566 g/mol. The first kappa shape index (κ1) is 28.5. The van der Waals surface area contributed by atoms with E-state index in [4.69, 9.17) is 14.2 Å². The summed E-state index contributed by atoms with van der Waals surface area (Å²) in [6.45, 7) is 8.07. The molecule has 0 heterocycles. The van der Waals surface area contributed by atoms with Crippen LogP contribution in [0.15, 0.2) is 67.3 Å². The van der Waals surface area contributed by atoms with Gasteiger partial charge in [-0.15, -0.1) is 0 Å². The first-order chi connectivity index (χ1) is 20.4. The van der Waals surface area contributed by atoms with Gasteiger partial charge in [-0.3, -0.25) is 0 Å². The van der Waals surface area contributed by atoms with Gasteiger partial charge in [-0.25, -0.2) is 9.59 Å². The second kappa shape index (κ2) is 11.9. The summed E-state index contributed by atoms with van der Waals surface area (Å²) in [7, 11) is 0. The highest BCUT2D eigenvalue weighted by Gasteiger charge is 2.52. The number of esters is 2. The highest BCUT2D eigenvalue weighted by atomic mass is 16.6. The van der Waals surface area contributed by atoms with Crippen molar-refractivity contribution in [3.05, 3.63) is 78.4 Å². The Morgan fingerprint density at radius 1 is 0.952 bits per heavy atom. The fourth-order valence-corrected chi connectivity index (χ4v) is 8.39. The molecule has 0 radical (unpaired) electrons. The van der Waals surface area contributed by atoms with Crippen LogP contribution in [-0.4, -0.2) is 31.3 Å². The molecule has 220 valence electrons. The molecule has 1 unspecified atom stereocenters. The first-order valence-corrected chi connectivity index (χ1v) is 15.7. The molecule has 4 aliphatic rings. The van der Waals surface area contributed by atoms with Crippen molar-refractivity contribution in [2.75, 3.05) is 13.2 Å². The maximum absolute atomic E-state index is 12.9. The van der Waals surface area contributed by atoms with Crippen LogP contribution in [0.1, 0.15) is 81.1 Å². The Labute approximate surface area is 249 Å². The van der Waals surface area contributed by atoms with Crippen molar-refractivity contribution < 1.29 is 23.8 Å². The van der Waals surface area contributed by atoms with Gasteiger partial charge in [0.25, 0.3) is 0 Å². The van der Waals surface area contributed by atoms with E-state index in [0.29, 0.717) is 18.6 Å². The summed E-state index contributed by atoms with van der Waals surface area (Å²) in [6, 6.07) is 18.5. The molecule has 0 N–H and O–H groups in total.